The first kappa shape index (κ1) is 21.8. The molecule has 0 atom stereocenters. The van der Waals surface area contributed by atoms with Gasteiger partial charge in [-0.15, -0.1) is 28.1 Å². The van der Waals surface area contributed by atoms with Gasteiger partial charge in [-0.25, -0.2) is 0 Å². The third kappa shape index (κ3) is 4.77. The Bertz CT molecular complexity index is 1080. The zero-order chi connectivity index (χ0) is 22.0. The highest BCUT2D eigenvalue weighted by Gasteiger charge is 2.23. The van der Waals surface area contributed by atoms with Gasteiger partial charge >= 0.3 is 0 Å². The maximum absolute atomic E-state index is 12.8. The fourth-order valence-electron chi connectivity index (χ4n) is 3.70. The molecule has 0 N–H and O–H groups in total. The van der Waals surface area contributed by atoms with E-state index in [0.29, 0.717) is 18.8 Å². The first-order valence-electron chi connectivity index (χ1n) is 10.5. The predicted molar refractivity (Wildman–Crippen MR) is 129 cm³/mol. The van der Waals surface area contributed by atoms with Gasteiger partial charge in [-0.1, -0.05) is 62.9 Å². The van der Waals surface area contributed by atoms with Crippen LogP contribution in [0.2, 0.25) is 0 Å². The standard InChI is InChI=1S/C24H28N4OS2/c1-5-12-28-22(17-6-8-19(9-7-17)24(2,3)4)25-26-23(28)31-16-21(29)27-13-10-20-18(15-27)11-14-30-20/h5-9,11,14H,1,10,12-13,15-16H2,2-4H3. The second-order valence-corrected chi connectivity index (χ2v) is 10.7. The molecule has 0 bridgehead atoms. The monoisotopic (exact) mass is 452 g/mol. The maximum Gasteiger partial charge on any atom is 0.233 e. The molecule has 3 heterocycles. The van der Waals surface area contributed by atoms with Crippen LogP contribution in [0.25, 0.3) is 11.4 Å². The van der Waals surface area contributed by atoms with E-state index >= 15 is 0 Å². The molecule has 1 amide bonds. The van der Waals surface area contributed by atoms with Gasteiger partial charge < -0.3 is 4.90 Å². The number of hydrogen-bond acceptors (Lipinski definition) is 5. The van der Waals surface area contributed by atoms with Gasteiger partial charge in [0, 0.05) is 30.1 Å². The molecule has 0 radical (unpaired) electrons. The van der Waals surface area contributed by atoms with Crippen LogP contribution in [0, 0.1) is 0 Å². The number of carbonyl (C=O) groups is 1. The fraction of sp³-hybridized carbons (Fsp3) is 0.375. The molecule has 162 valence electrons. The molecule has 0 saturated carbocycles. The summed E-state index contributed by atoms with van der Waals surface area (Å²) in [6, 6.07) is 10.6. The Labute approximate surface area is 192 Å². The van der Waals surface area contributed by atoms with Crippen molar-refractivity contribution in [2.75, 3.05) is 12.3 Å². The van der Waals surface area contributed by atoms with Crippen molar-refractivity contribution >= 4 is 29.0 Å². The molecular formula is C24H28N4OS2. The Morgan fingerprint density at radius 1 is 1.23 bits per heavy atom. The van der Waals surface area contributed by atoms with Crippen LogP contribution in [0.15, 0.2) is 53.5 Å². The van der Waals surface area contributed by atoms with Gasteiger partial charge in [-0.3, -0.25) is 9.36 Å². The molecule has 2 aromatic heterocycles. The summed E-state index contributed by atoms with van der Waals surface area (Å²) in [6.07, 6.45) is 2.79. The Balaban J connectivity index is 1.47. The second kappa shape index (κ2) is 9.01. The number of amides is 1. The molecular weight excluding hydrogens is 424 g/mol. The molecule has 0 spiro atoms. The Morgan fingerprint density at radius 3 is 2.71 bits per heavy atom. The Hall–Kier alpha value is -2.38. The highest BCUT2D eigenvalue weighted by Crippen LogP contribution is 2.29. The molecule has 5 nitrogen and oxygen atoms in total. The van der Waals surface area contributed by atoms with E-state index in [2.05, 4.69) is 73.3 Å². The van der Waals surface area contributed by atoms with Crippen molar-refractivity contribution in [2.45, 2.75) is 50.9 Å². The van der Waals surface area contributed by atoms with E-state index in [0.717, 1.165) is 29.5 Å². The van der Waals surface area contributed by atoms with Crippen molar-refractivity contribution in [1.82, 2.24) is 19.7 Å². The Kier molecular flexibility index (Phi) is 6.34. The highest BCUT2D eigenvalue weighted by molar-refractivity contribution is 7.99. The third-order valence-electron chi connectivity index (χ3n) is 5.52. The van der Waals surface area contributed by atoms with Crippen molar-refractivity contribution in [3.8, 4) is 11.4 Å². The van der Waals surface area contributed by atoms with Gasteiger partial charge in [0.2, 0.25) is 5.91 Å². The summed E-state index contributed by atoms with van der Waals surface area (Å²) in [5.74, 6) is 1.31. The first-order chi connectivity index (χ1) is 14.9. The van der Waals surface area contributed by atoms with Gasteiger partial charge in [-0.2, -0.15) is 0 Å². The molecule has 1 aliphatic rings. The fourth-order valence-corrected chi connectivity index (χ4v) is 5.44. The lowest BCUT2D eigenvalue weighted by atomic mass is 9.87. The molecule has 7 heteroatoms. The lowest BCUT2D eigenvalue weighted by molar-refractivity contribution is -0.129. The number of rotatable bonds is 6. The molecule has 3 aromatic rings. The van der Waals surface area contributed by atoms with E-state index in [1.54, 1.807) is 11.3 Å². The Morgan fingerprint density at radius 2 is 2.00 bits per heavy atom. The third-order valence-corrected chi connectivity index (χ3v) is 7.50. The SMILES string of the molecule is C=CCn1c(SCC(=O)N2CCc3sccc3C2)nnc1-c1ccc(C(C)(C)C)cc1. The lowest BCUT2D eigenvalue weighted by Gasteiger charge is -2.26. The van der Waals surface area contributed by atoms with Gasteiger partial charge in [0.1, 0.15) is 0 Å². The highest BCUT2D eigenvalue weighted by atomic mass is 32.2. The van der Waals surface area contributed by atoms with Crippen LogP contribution in [0.1, 0.15) is 36.8 Å². The molecule has 31 heavy (non-hydrogen) atoms. The van der Waals surface area contributed by atoms with Crippen molar-refractivity contribution in [3.05, 3.63) is 64.4 Å². The zero-order valence-electron chi connectivity index (χ0n) is 18.3. The summed E-state index contributed by atoms with van der Waals surface area (Å²) in [4.78, 5) is 16.2. The quantitative estimate of drug-likeness (QED) is 0.383. The molecule has 0 unspecified atom stereocenters. The average molecular weight is 453 g/mol. The molecule has 1 aromatic carbocycles. The van der Waals surface area contributed by atoms with Crippen molar-refractivity contribution in [3.63, 3.8) is 0 Å². The van der Waals surface area contributed by atoms with E-state index in [-0.39, 0.29) is 11.3 Å². The van der Waals surface area contributed by atoms with Crippen LogP contribution in [-0.2, 0) is 29.7 Å². The van der Waals surface area contributed by atoms with Crippen LogP contribution in [0.5, 0.6) is 0 Å². The molecule has 0 saturated heterocycles. The number of thioether (sulfide) groups is 1. The number of benzene rings is 1. The number of nitrogens with zero attached hydrogens (tertiary/aromatic N) is 4. The number of aromatic nitrogens is 3. The van der Waals surface area contributed by atoms with E-state index in [1.165, 1.54) is 27.8 Å². The lowest BCUT2D eigenvalue weighted by Crippen LogP contribution is -2.36. The van der Waals surface area contributed by atoms with Gasteiger partial charge in [-0.05, 0) is 34.4 Å². The maximum atomic E-state index is 12.8. The summed E-state index contributed by atoms with van der Waals surface area (Å²) in [5, 5.41) is 11.7. The van der Waals surface area contributed by atoms with E-state index < -0.39 is 0 Å². The van der Waals surface area contributed by atoms with Gasteiger partial charge in [0.25, 0.3) is 0 Å². The summed E-state index contributed by atoms with van der Waals surface area (Å²) in [6.45, 7) is 12.6. The minimum absolute atomic E-state index is 0.104. The smallest absolute Gasteiger partial charge is 0.233 e. The van der Waals surface area contributed by atoms with E-state index in [9.17, 15) is 4.79 Å². The van der Waals surface area contributed by atoms with Gasteiger partial charge in [0.05, 0.1) is 5.75 Å². The van der Waals surface area contributed by atoms with E-state index in [4.69, 9.17) is 0 Å². The van der Waals surface area contributed by atoms with Crippen LogP contribution in [0.3, 0.4) is 0 Å². The summed E-state index contributed by atoms with van der Waals surface area (Å²) in [7, 11) is 0. The second-order valence-electron chi connectivity index (χ2n) is 8.76. The topological polar surface area (TPSA) is 51.0 Å². The number of fused-ring (bicyclic) bond motifs is 1. The van der Waals surface area contributed by atoms with Crippen molar-refractivity contribution < 1.29 is 4.79 Å². The minimum Gasteiger partial charge on any atom is -0.337 e. The van der Waals surface area contributed by atoms with Gasteiger partial charge in [0.15, 0.2) is 11.0 Å². The summed E-state index contributed by atoms with van der Waals surface area (Å²) < 4.78 is 2.03. The van der Waals surface area contributed by atoms with Crippen LogP contribution in [0.4, 0.5) is 0 Å². The van der Waals surface area contributed by atoms with Crippen LogP contribution in [-0.4, -0.2) is 37.9 Å². The minimum atomic E-state index is 0.104. The average Bonchev–Trinajstić information content (AvgIpc) is 3.38. The number of allylic oxidation sites excluding steroid dienone is 1. The first-order valence-corrected chi connectivity index (χ1v) is 12.3. The van der Waals surface area contributed by atoms with Crippen LogP contribution >= 0.6 is 23.1 Å². The zero-order valence-corrected chi connectivity index (χ0v) is 19.9. The number of carbonyl (C=O) groups excluding carboxylic acids is 1. The summed E-state index contributed by atoms with van der Waals surface area (Å²) in [5.41, 5.74) is 3.68. The summed E-state index contributed by atoms with van der Waals surface area (Å²) >= 11 is 3.23. The van der Waals surface area contributed by atoms with Crippen molar-refractivity contribution in [1.29, 1.82) is 0 Å². The number of hydrogen-bond donors (Lipinski definition) is 0. The molecule has 4 rings (SSSR count). The number of thiophene rings is 1. The molecule has 0 aliphatic carbocycles. The molecule has 1 aliphatic heterocycles. The molecule has 0 fully saturated rings. The van der Waals surface area contributed by atoms with Crippen LogP contribution < -0.4 is 0 Å². The normalized spacial score (nSPS) is 13.8. The van der Waals surface area contributed by atoms with Crippen molar-refractivity contribution in [2.24, 2.45) is 0 Å². The predicted octanol–water partition coefficient (Wildman–Crippen LogP) is 5.17. The van der Waals surface area contributed by atoms with E-state index in [1.807, 2.05) is 15.5 Å². The largest absolute Gasteiger partial charge is 0.337 e.